The number of hydrogen-bond acceptors (Lipinski definition) is 5. The average molecular weight is 353 g/mol. The zero-order chi connectivity index (χ0) is 18.3. The first-order chi connectivity index (χ1) is 12.6. The van der Waals surface area contributed by atoms with Gasteiger partial charge in [0, 0.05) is 44.9 Å². The fourth-order valence-electron chi connectivity index (χ4n) is 3.40. The van der Waals surface area contributed by atoms with Crippen LogP contribution in [0.15, 0.2) is 41.7 Å². The summed E-state index contributed by atoms with van der Waals surface area (Å²) in [5.41, 5.74) is 1.10. The minimum absolute atomic E-state index is 0.0430. The van der Waals surface area contributed by atoms with Crippen LogP contribution in [-0.2, 0) is 4.74 Å². The quantitative estimate of drug-likeness (QED) is 0.767. The van der Waals surface area contributed by atoms with Crippen LogP contribution in [0.2, 0.25) is 0 Å². The molecule has 1 amide bonds. The number of aromatic amines is 1. The van der Waals surface area contributed by atoms with Crippen LogP contribution in [0.4, 0.5) is 0 Å². The SMILES string of the molecule is CO[C@@H]1CC(c2ncc[nH]2)N(C(=O)c2cnc3ccc(C)cn3c2=O)C1. The predicted molar refractivity (Wildman–Crippen MR) is 94.0 cm³/mol. The Morgan fingerprint density at radius 1 is 1.35 bits per heavy atom. The van der Waals surface area contributed by atoms with Gasteiger partial charge in [0.05, 0.1) is 12.1 Å². The van der Waals surface area contributed by atoms with Gasteiger partial charge in [-0.15, -0.1) is 0 Å². The number of hydrogen-bond donors (Lipinski definition) is 1. The van der Waals surface area contributed by atoms with Crippen LogP contribution < -0.4 is 5.56 Å². The van der Waals surface area contributed by atoms with E-state index in [2.05, 4.69) is 15.0 Å². The number of aromatic nitrogens is 4. The summed E-state index contributed by atoms with van der Waals surface area (Å²) in [5.74, 6) is 0.321. The highest BCUT2D eigenvalue weighted by molar-refractivity contribution is 5.94. The molecule has 0 radical (unpaired) electrons. The summed E-state index contributed by atoms with van der Waals surface area (Å²) >= 11 is 0. The first-order valence-corrected chi connectivity index (χ1v) is 8.39. The fraction of sp³-hybridized carbons (Fsp3) is 0.333. The van der Waals surface area contributed by atoms with E-state index in [0.29, 0.717) is 24.4 Å². The molecule has 0 aromatic carbocycles. The number of nitrogens with zero attached hydrogens (tertiary/aromatic N) is 4. The third-order valence-corrected chi connectivity index (χ3v) is 4.77. The molecule has 0 spiro atoms. The van der Waals surface area contributed by atoms with E-state index in [4.69, 9.17) is 4.74 Å². The Kier molecular flexibility index (Phi) is 4.04. The summed E-state index contributed by atoms with van der Waals surface area (Å²) in [6.45, 7) is 2.29. The number of imidazole rings is 1. The molecular formula is C18H19N5O3. The van der Waals surface area contributed by atoms with Crippen molar-refractivity contribution in [3.05, 3.63) is 64.2 Å². The number of methoxy groups -OCH3 is 1. The van der Waals surface area contributed by atoms with Crippen molar-refractivity contribution in [3.63, 3.8) is 0 Å². The highest BCUT2D eigenvalue weighted by atomic mass is 16.5. The second kappa shape index (κ2) is 6.38. The first-order valence-electron chi connectivity index (χ1n) is 8.39. The van der Waals surface area contributed by atoms with Crippen molar-refractivity contribution >= 4 is 11.6 Å². The molecule has 2 atom stereocenters. The van der Waals surface area contributed by atoms with Crippen molar-refractivity contribution in [2.24, 2.45) is 0 Å². The first kappa shape index (κ1) is 16.5. The molecule has 3 aromatic rings. The Balaban J connectivity index is 1.75. The van der Waals surface area contributed by atoms with Gasteiger partial charge in [-0.2, -0.15) is 0 Å². The number of nitrogens with one attached hydrogen (secondary N) is 1. The lowest BCUT2D eigenvalue weighted by Gasteiger charge is -2.22. The second-order valence-electron chi connectivity index (χ2n) is 6.45. The molecule has 8 nitrogen and oxygen atoms in total. The van der Waals surface area contributed by atoms with E-state index in [9.17, 15) is 9.59 Å². The molecular weight excluding hydrogens is 334 g/mol. The van der Waals surface area contributed by atoms with Crippen molar-refractivity contribution in [3.8, 4) is 0 Å². The number of rotatable bonds is 3. The molecule has 134 valence electrons. The van der Waals surface area contributed by atoms with E-state index in [0.717, 1.165) is 5.56 Å². The molecule has 1 aliphatic heterocycles. The van der Waals surface area contributed by atoms with Gasteiger partial charge in [0.25, 0.3) is 11.5 Å². The molecule has 0 saturated carbocycles. The largest absolute Gasteiger partial charge is 0.380 e. The third-order valence-electron chi connectivity index (χ3n) is 4.77. The molecule has 4 heterocycles. The van der Waals surface area contributed by atoms with E-state index in [1.54, 1.807) is 36.7 Å². The maximum atomic E-state index is 13.1. The fourth-order valence-corrected chi connectivity index (χ4v) is 3.40. The highest BCUT2D eigenvalue weighted by Crippen LogP contribution is 2.32. The van der Waals surface area contributed by atoms with E-state index in [1.807, 2.05) is 13.0 Å². The summed E-state index contributed by atoms with van der Waals surface area (Å²) in [5, 5.41) is 0. The summed E-state index contributed by atoms with van der Waals surface area (Å²) in [4.78, 5) is 39.2. The molecule has 26 heavy (non-hydrogen) atoms. The lowest BCUT2D eigenvalue weighted by atomic mass is 10.1. The lowest BCUT2D eigenvalue weighted by Crippen LogP contribution is -2.36. The second-order valence-corrected chi connectivity index (χ2v) is 6.45. The van der Waals surface area contributed by atoms with E-state index < -0.39 is 0 Å². The number of ether oxygens (including phenoxy) is 1. The molecule has 3 aromatic heterocycles. The van der Waals surface area contributed by atoms with Crippen molar-refractivity contribution in [1.29, 1.82) is 0 Å². The minimum atomic E-state index is -0.372. The standard InChI is InChI=1S/C18H19N5O3/c1-11-3-4-15-21-8-13(18(25)23(15)9-11)17(24)22-10-12(26-2)7-14(22)16-19-5-6-20-16/h3-6,8-9,12,14H,7,10H2,1-2H3,(H,19,20)/t12-,14?/m1/s1. The van der Waals surface area contributed by atoms with Gasteiger partial charge in [0.2, 0.25) is 0 Å². The molecule has 0 aliphatic carbocycles. The Hall–Kier alpha value is -3.00. The van der Waals surface area contributed by atoms with Crippen molar-refractivity contribution < 1.29 is 9.53 Å². The lowest BCUT2D eigenvalue weighted by molar-refractivity contribution is 0.0682. The maximum Gasteiger partial charge on any atom is 0.270 e. The third kappa shape index (κ3) is 2.68. The zero-order valence-corrected chi connectivity index (χ0v) is 14.5. The van der Waals surface area contributed by atoms with Crippen molar-refractivity contribution in [2.45, 2.75) is 25.5 Å². The number of H-pyrrole nitrogens is 1. The molecule has 1 fully saturated rings. The number of amides is 1. The molecule has 1 N–H and O–H groups in total. The number of pyridine rings is 1. The Morgan fingerprint density at radius 3 is 2.92 bits per heavy atom. The Bertz CT molecular complexity index is 1010. The summed E-state index contributed by atoms with van der Waals surface area (Å²) < 4.78 is 6.85. The molecule has 1 aliphatic rings. The van der Waals surface area contributed by atoms with Crippen LogP contribution in [-0.4, -0.2) is 49.9 Å². The highest BCUT2D eigenvalue weighted by Gasteiger charge is 2.39. The topological polar surface area (TPSA) is 92.6 Å². The van der Waals surface area contributed by atoms with Gasteiger partial charge in [-0.25, -0.2) is 9.97 Å². The van der Waals surface area contributed by atoms with Gasteiger partial charge in [-0.05, 0) is 18.6 Å². The molecule has 1 unspecified atom stereocenters. The summed E-state index contributed by atoms with van der Waals surface area (Å²) in [7, 11) is 1.62. The van der Waals surface area contributed by atoms with Gasteiger partial charge < -0.3 is 14.6 Å². The number of carbonyl (C=O) groups excluding carboxylic acids is 1. The van der Waals surface area contributed by atoms with Crippen LogP contribution in [0.5, 0.6) is 0 Å². The van der Waals surface area contributed by atoms with Crippen LogP contribution in [0.3, 0.4) is 0 Å². The smallest absolute Gasteiger partial charge is 0.270 e. The predicted octanol–water partition coefficient (Wildman–Crippen LogP) is 1.33. The monoisotopic (exact) mass is 353 g/mol. The van der Waals surface area contributed by atoms with Gasteiger partial charge in [0.15, 0.2) is 0 Å². The van der Waals surface area contributed by atoms with Crippen LogP contribution >= 0.6 is 0 Å². The van der Waals surface area contributed by atoms with E-state index >= 15 is 0 Å². The van der Waals surface area contributed by atoms with Crippen LogP contribution in [0.1, 0.15) is 34.2 Å². The number of likely N-dealkylation sites (tertiary alicyclic amines) is 1. The Morgan fingerprint density at radius 2 is 2.19 bits per heavy atom. The molecule has 1 saturated heterocycles. The molecule has 8 heteroatoms. The number of fused-ring (bicyclic) bond motifs is 1. The van der Waals surface area contributed by atoms with Gasteiger partial charge >= 0.3 is 0 Å². The maximum absolute atomic E-state index is 13.1. The van der Waals surface area contributed by atoms with Crippen LogP contribution in [0, 0.1) is 6.92 Å². The number of aryl methyl sites for hydroxylation is 1. The van der Waals surface area contributed by atoms with Crippen molar-refractivity contribution in [1.82, 2.24) is 24.3 Å². The minimum Gasteiger partial charge on any atom is -0.380 e. The zero-order valence-electron chi connectivity index (χ0n) is 14.5. The summed E-state index contributed by atoms with van der Waals surface area (Å²) in [6.07, 6.45) is 6.92. The summed E-state index contributed by atoms with van der Waals surface area (Å²) in [6, 6.07) is 3.37. The van der Waals surface area contributed by atoms with Gasteiger partial charge in [-0.3, -0.25) is 14.0 Å². The van der Waals surface area contributed by atoms with Gasteiger partial charge in [0.1, 0.15) is 17.0 Å². The van der Waals surface area contributed by atoms with E-state index in [-0.39, 0.29) is 29.2 Å². The molecule has 4 rings (SSSR count). The number of carbonyl (C=O) groups is 1. The van der Waals surface area contributed by atoms with Gasteiger partial charge in [-0.1, -0.05) is 6.07 Å². The van der Waals surface area contributed by atoms with Crippen LogP contribution in [0.25, 0.3) is 5.65 Å². The normalized spacial score (nSPS) is 20.0. The van der Waals surface area contributed by atoms with E-state index in [1.165, 1.54) is 10.6 Å². The average Bonchev–Trinajstić information content (AvgIpc) is 3.31. The Labute approximate surface area is 149 Å². The van der Waals surface area contributed by atoms with Crippen molar-refractivity contribution in [2.75, 3.05) is 13.7 Å². The molecule has 0 bridgehead atoms.